The van der Waals surface area contributed by atoms with Gasteiger partial charge in [-0.3, -0.25) is 19.2 Å². The van der Waals surface area contributed by atoms with Crippen molar-refractivity contribution in [3.05, 3.63) is 70.3 Å². The van der Waals surface area contributed by atoms with Crippen LogP contribution >= 0.6 is 0 Å². The molecule has 148 valence electrons. The summed E-state index contributed by atoms with van der Waals surface area (Å²) in [6.07, 6.45) is 0. The smallest absolute Gasteiger partial charge is 0.339 e. The van der Waals surface area contributed by atoms with E-state index in [0.717, 1.165) is 0 Å². The monoisotopic (exact) mass is 394 g/mol. The molecule has 0 fully saturated rings. The van der Waals surface area contributed by atoms with Crippen molar-refractivity contribution in [3.8, 4) is 0 Å². The number of fused-ring (bicyclic) bond motifs is 2. The topological polar surface area (TPSA) is 119 Å². The van der Waals surface area contributed by atoms with E-state index in [9.17, 15) is 24.0 Å². The molecule has 0 atom stereocenters. The summed E-state index contributed by atoms with van der Waals surface area (Å²) in [6.45, 7) is 1.31. The first-order valence-electron chi connectivity index (χ1n) is 8.96. The van der Waals surface area contributed by atoms with Crippen molar-refractivity contribution in [1.82, 2.24) is 10.6 Å². The van der Waals surface area contributed by atoms with Gasteiger partial charge in [0.1, 0.15) is 0 Å². The Labute approximate surface area is 166 Å². The lowest BCUT2D eigenvalue weighted by Crippen LogP contribution is -2.38. The van der Waals surface area contributed by atoms with Crippen molar-refractivity contribution in [2.24, 2.45) is 0 Å². The minimum Gasteiger partial charge on any atom is -0.452 e. The summed E-state index contributed by atoms with van der Waals surface area (Å²) in [5, 5.41) is 4.83. The number of ketones is 2. The van der Waals surface area contributed by atoms with Gasteiger partial charge in [0.2, 0.25) is 5.91 Å². The van der Waals surface area contributed by atoms with Gasteiger partial charge in [-0.25, -0.2) is 4.79 Å². The molecule has 0 bridgehead atoms. The number of benzene rings is 2. The zero-order valence-electron chi connectivity index (χ0n) is 15.6. The van der Waals surface area contributed by atoms with Gasteiger partial charge < -0.3 is 15.4 Å². The zero-order valence-corrected chi connectivity index (χ0v) is 15.6. The number of amides is 2. The fourth-order valence-electron chi connectivity index (χ4n) is 3.01. The second-order valence-corrected chi connectivity index (χ2v) is 6.24. The first-order chi connectivity index (χ1) is 13.9. The number of carbonyl (C=O) groups excluding carboxylic acids is 5. The van der Waals surface area contributed by atoms with Crippen molar-refractivity contribution in [1.29, 1.82) is 0 Å². The highest BCUT2D eigenvalue weighted by Crippen LogP contribution is 2.29. The number of likely N-dealkylation sites (N-methyl/N-ethyl adjacent to an activating group) is 1. The minimum absolute atomic E-state index is 0.0380. The van der Waals surface area contributed by atoms with Crippen LogP contribution in [0.2, 0.25) is 0 Å². The Balaban J connectivity index is 1.75. The molecule has 2 aromatic rings. The van der Waals surface area contributed by atoms with Crippen molar-refractivity contribution in [3.63, 3.8) is 0 Å². The van der Waals surface area contributed by atoms with E-state index in [2.05, 4.69) is 10.6 Å². The Morgan fingerprint density at radius 2 is 1.48 bits per heavy atom. The van der Waals surface area contributed by atoms with Crippen LogP contribution in [0.15, 0.2) is 42.5 Å². The molecule has 2 N–H and O–H groups in total. The van der Waals surface area contributed by atoms with Crippen molar-refractivity contribution in [2.45, 2.75) is 6.92 Å². The second kappa shape index (κ2) is 8.47. The molecule has 0 heterocycles. The third kappa shape index (κ3) is 4.06. The van der Waals surface area contributed by atoms with Gasteiger partial charge in [0.25, 0.3) is 5.91 Å². The summed E-state index contributed by atoms with van der Waals surface area (Å²) in [7, 11) is 0. The van der Waals surface area contributed by atoms with Gasteiger partial charge in [-0.15, -0.1) is 0 Å². The van der Waals surface area contributed by atoms with Gasteiger partial charge >= 0.3 is 5.97 Å². The molecule has 0 saturated carbocycles. The molecule has 0 aromatic heterocycles. The van der Waals surface area contributed by atoms with Crippen molar-refractivity contribution in [2.75, 3.05) is 19.7 Å². The van der Waals surface area contributed by atoms with Crippen LogP contribution in [0.1, 0.15) is 49.1 Å². The first-order valence-corrected chi connectivity index (χ1v) is 8.96. The molecular weight excluding hydrogens is 376 g/mol. The molecular formula is C21H18N2O6. The fraction of sp³-hybridized carbons (Fsp3) is 0.190. The number of carbonyl (C=O) groups is 5. The maximum Gasteiger partial charge on any atom is 0.339 e. The molecule has 29 heavy (non-hydrogen) atoms. The Bertz CT molecular complexity index is 1030. The molecule has 0 aliphatic heterocycles. The van der Waals surface area contributed by atoms with Gasteiger partial charge in [0.15, 0.2) is 18.2 Å². The lowest BCUT2D eigenvalue weighted by Gasteiger charge is -2.19. The lowest BCUT2D eigenvalue weighted by molar-refractivity contribution is -0.127. The average Bonchev–Trinajstić information content (AvgIpc) is 2.74. The lowest BCUT2D eigenvalue weighted by atomic mass is 9.82. The Morgan fingerprint density at radius 3 is 2.17 bits per heavy atom. The van der Waals surface area contributed by atoms with Crippen LogP contribution in [-0.4, -0.2) is 49.0 Å². The van der Waals surface area contributed by atoms with E-state index in [1.54, 1.807) is 25.1 Å². The molecule has 1 aliphatic rings. The van der Waals surface area contributed by atoms with Crippen LogP contribution in [0.25, 0.3) is 0 Å². The summed E-state index contributed by atoms with van der Waals surface area (Å²) in [5.74, 6) is -2.75. The van der Waals surface area contributed by atoms with Gasteiger partial charge in [-0.2, -0.15) is 0 Å². The predicted octanol–water partition coefficient (Wildman–Crippen LogP) is 0.871. The van der Waals surface area contributed by atoms with Crippen LogP contribution in [-0.2, 0) is 14.3 Å². The highest BCUT2D eigenvalue weighted by atomic mass is 16.5. The van der Waals surface area contributed by atoms with Crippen LogP contribution in [0, 0.1) is 0 Å². The van der Waals surface area contributed by atoms with Gasteiger partial charge in [-0.1, -0.05) is 36.4 Å². The molecule has 0 saturated heterocycles. The SMILES string of the molecule is CCNC(=O)CNC(=O)COC(=O)c1cccc2c1C(=O)c1ccccc1C2=O. The molecule has 3 rings (SSSR count). The fourth-order valence-corrected chi connectivity index (χ4v) is 3.01. The van der Waals surface area contributed by atoms with E-state index in [1.165, 1.54) is 24.3 Å². The quantitative estimate of drug-likeness (QED) is 0.599. The summed E-state index contributed by atoms with van der Waals surface area (Å²) in [6, 6.07) is 10.7. The third-order valence-electron chi connectivity index (χ3n) is 4.33. The zero-order chi connectivity index (χ0) is 21.0. The average molecular weight is 394 g/mol. The number of ether oxygens (including phenoxy) is 1. The Hall–Kier alpha value is -3.81. The maximum absolute atomic E-state index is 12.9. The number of rotatable bonds is 6. The van der Waals surface area contributed by atoms with Crippen LogP contribution in [0.4, 0.5) is 0 Å². The van der Waals surface area contributed by atoms with E-state index in [-0.39, 0.29) is 46.1 Å². The molecule has 1 aliphatic carbocycles. The summed E-state index contributed by atoms with van der Waals surface area (Å²) in [5.41, 5.74) is 0.477. The van der Waals surface area contributed by atoms with E-state index in [1.807, 2.05) is 0 Å². The molecule has 2 amide bonds. The summed E-state index contributed by atoms with van der Waals surface area (Å²) in [4.78, 5) is 61.1. The van der Waals surface area contributed by atoms with E-state index in [4.69, 9.17) is 4.74 Å². The highest BCUT2D eigenvalue weighted by Gasteiger charge is 2.33. The maximum atomic E-state index is 12.9. The second-order valence-electron chi connectivity index (χ2n) is 6.24. The van der Waals surface area contributed by atoms with E-state index >= 15 is 0 Å². The molecule has 0 spiro atoms. The minimum atomic E-state index is -0.907. The normalized spacial score (nSPS) is 11.9. The van der Waals surface area contributed by atoms with Crippen molar-refractivity contribution >= 4 is 29.4 Å². The summed E-state index contributed by atoms with van der Waals surface area (Å²) < 4.78 is 4.97. The highest BCUT2D eigenvalue weighted by molar-refractivity contribution is 6.30. The molecule has 8 nitrogen and oxygen atoms in total. The number of nitrogens with one attached hydrogen (secondary N) is 2. The molecule has 8 heteroatoms. The van der Waals surface area contributed by atoms with Gasteiger partial charge in [0, 0.05) is 28.8 Å². The third-order valence-corrected chi connectivity index (χ3v) is 4.33. The Kier molecular flexibility index (Phi) is 5.82. The molecule has 2 aromatic carbocycles. The van der Waals surface area contributed by atoms with E-state index < -0.39 is 24.3 Å². The van der Waals surface area contributed by atoms with Gasteiger partial charge in [-0.05, 0) is 13.0 Å². The van der Waals surface area contributed by atoms with Crippen LogP contribution in [0.3, 0.4) is 0 Å². The van der Waals surface area contributed by atoms with E-state index in [0.29, 0.717) is 6.54 Å². The van der Waals surface area contributed by atoms with Gasteiger partial charge in [0.05, 0.1) is 12.1 Å². The Morgan fingerprint density at radius 1 is 0.828 bits per heavy atom. The predicted molar refractivity (Wildman–Crippen MR) is 102 cm³/mol. The number of esters is 1. The first kappa shape index (κ1) is 19.9. The van der Waals surface area contributed by atoms with Crippen LogP contribution < -0.4 is 10.6 Å². The summed E-state index contributed by atoms with van der Waals surface area (Å²) >= 11 is 0. The molecule has 0 unspecified atom stereocenters. The van der Waals surface area contributed by atoms with Crippen LogP contribution in [0.5, 0.6) is 0 Å². The van der Waals surface area contributed by atoms with Crippen molar-refractivity contribution < 1.29 is 28.7 Å². The standard InChI is InChI=1S/C21H18N2O6/c1-2-22-16(24)10-23-17(25)11-29-21(28)15-9-5-8-14-18(15)20(27)13-7-4-3-6-12(13)19(14)26/h3-9H,2,10-11H2,1H3,(H,22,24)(H,23,25). The molecule has 0 radical (unpaired) electrons. The largest absolute Gasteiger partial charge is 0.452 e. The number of hydrogen-bond acceptors (Lipinski definition) is 6. The number of hydrogen-bond donors (Lipinski definition) is 2.